The van der Waals surface area contributed by atoms with E-state index in [2.05, 4.69) is 30.7 Å². The maximum Gasteiger partial charge on any atom is 0.280 e. The molecule has 0 aliphatic heterocycles. The van der Waals surface area contributed by atoms with E-state index < -0.39 is 15.7 Å². The third-order valence-electron chi connectivity index (χ3n) is 5.34. The Labute approximate surface area is 239 Å². The van der Waals surface area contributed by atoms with E-state index in [-0.39, 0.29) is 23.0 Å². The summed E-state index contributed by atoms with van der Waals surface area (Å²) < 4.78 is 35.8. The monoisotopic (exact) mass is 604 g/mol. The SMILES string of the molecule is CNCCOc1ccc2nc(NC(=O)/C(=N/OCc3nccs3)c3ccc(S(=O)(=O)CCCOC)cc3)sc2n1. The number of nitrogens with zero attached hydrogens (tertiary/aromatic N) is 4. The molecule has 0 saturated carbocycles. The molecule has 0 saturated heterocycles. The molecule has 1 amide bonds. The lowest BCUT2D eigenvalue weighted by molar-refractivity contribution is -0.110. The number of nitrogens with one attached hydrogen (secondary N) is 2. The number of carbonyl (C=O) groups excluding carboxylic acids is 1. The normalized spacial score (nSPS) is 12.0. The minimum Gasteiger partial charge on any atom is -0.476 e. The summed E-state index contributed by atoms with van der Waals surface area (Å²) in [7, 11) is -0.149. The molecule has 212 valence electrons. The van der Waals surface area contributed by atoms with E-state index in [0.717, 1.165) is 0 Å². The van der Waals surface area contributed by atoms with Gasteiger partial charge in [0.2, 0.25) is 5.88 Å². The van der Waals surface area contributed by atoms with Gasteiger partial charge in [0.05, 0.1) is 10.6 Å². The Balaban J connectivity index is 1.53. The number of thiazole rings is 2. The van der Waals surface area contributed by atoms with Crippen LogP contribution in [0.15, 0.2) is 58.0 Å². The van der Waals surface area contributed by atoms with E-state index in [9.17, 15) is 13.2 Å². The number of hydrogen-bond donors (Lipinski definition) is 2. The Bertz CT molecular complexity index is 1540. The number of sulfone groups is 1. The summed E-state index contributed by atoms with van der Waals surface area (Å²) in [5.74, 6) is -0.175. The first-order valence-corrected chi connectivity index (χ1v) is 15.5. The summed E-state index contributed by atoms with van der Waals surface area (Å²) in [6, 6.07) is 9.40. The molecule has 0 spiro atoms. The average molecular weight is 605 g/mol. The first-order valence-electron chi connectivity index (χ1n) is 12.2. The number of benzene rings is 1. The lowest BCUT2D eigenvalue weighted by atomic mass is 10.1. The quantitative estimate of drug-likeness (QED) is 0.118. The molecular formula is C25H28N6O6S3. The average Bonchev–Trinajstić information content (AvgIpc) is 3.61. The highest BCUT2D eigenvalue weighted by Gasteiger charge is 2.20. The van der Waals surface area contributed by atoms with Gasteiger partial charge in [-0.2, -0.15) is 0 Å². The number of aromatic nitrogens is 3. The van der Waals surface area contributed by atoms with Crippen molar-refractivity contribution < 1.29 is 27.5 Å². The minimum absolute atomic E-state index is 0.0492. The molecule has 0 aliphatic rings. The molecule has 2 N–H and O–H groups in total. The molecule has 0 unspecified atom stereocenters. The number of carbonyl (C=O) groups is 1. The van der Waals surface area contributed by atoms with Gasteiger partial charge in [0.1, 0.15) is 22.0 Å². The standard InChI is InChI=1S/C25H28N6O6S3/c1-26-10-13-36-20-9-8-19-24(29-20)39-25(28-19)30-23(32)22(31-37-16-21-27-11-14-38-21)17-4-6-18(7-5-17)40(33,34)15-3-12-35-2/h4-9,11,14,26H,3,10,12-13,15-16H2,1-2H3,(H,28,30,32)/b31-22+. The van der Waals surface area contributed by atoms with E-state index in [1.165, 1.54) is 54.0 Å². The molecule has 12 nitrogen and oxygen atoms in total. The van der Waals surface area contributed by atoms with Gasteiger partial charge in [0, 0.05) is 43.5 Å². The molecule has 15 heteroatoms. The molecule has 4 aromatic rings. The highest BCUT2D eigenvalue weighted by Crippen LogP contribution is 2.26. The van der Waals surface area contributed by atoms with Crippen molar-refractivity contribution in [2.75, 3.05) is 45.0 Å². The molecule has 4 rings (SSSR count). The first-order chi connectivity index (χ1) is 19.4. The van der Waals surface area contributed by atoms with Crippen molar-refractivity contribution in [1.82, 2.24) is 20.3 Å². The molecule has 1 aromatic carbocycles. The summed E-state index contributed by atoms with van der Waals surface area (Å²) in [6.45, 7) is 1.56. The Hall–Kier alpha value is -3.50. The first kappa shape index (κ1) is 29.5. The van der Waals surface area contributed by atoms with E-state index in [1.807, 2.05) is 7.05 Å². The Morgan fingerprint density at radius 3 is 2.65 bits per heavy atom. The fraction of sp³-hybridized carbons (Fsp3) is 0.320. The van der Waals surface area contributed by atoms with Gasteiger partial charge in [0.15, 0.2) is 27.3 Å². The zero-order valence-corrected chi connectivity index (χ0v) is 24.3. The number of anilines is 1. The van der Waals surface area contributed by atoms with Crippen LogP contribution in [0.1, 0.15) is 17.0 Å². The van der Waals surface area contributed by atoms with Crippen LogP contribution in [0.5, 0.6) is 5.88 Å². The van der Waals surface area contributed by atoms with E-state index in [0.29, 0.717) is 58.1 Å². The predicted molar refractivity (Wildman–Crippen MR) is 154 cm³/mol. The van der Waals surface area contributed by atoms with Crippen LogP contribution in [0.3, 0.4) is 0 Å². The third-order valence-corrected chi connectivity index (χ3v) is 8.79. The van der Waals surface area contributed by atoms with Gasteiger partial charge in [-0.25, -0.2) is 23.4 Å². The Morgan fingerprint density at radius 1 is 1.10 bits per heavy atom. The lowest BCUT2D eigenvalue weighted by Crippen LogP contribution is -2.24. The summed E-state index contributed by atoms with van der Waals surface area (Å²) in [5, 5.41) is 12.6. The van der Waals surface area contributed by atoms with Crippen molar-refractivity contribution in [3.63, 3.8) is 0 Å². The van der Waals surface area contributed by atoms with Crippen LogP contribution < -0.4 is 15.4 Å². The summed E-state index contributed by atoms with van der Waals surface area (Å²) >= 11 is 2.58. The molecule has 0 atom stereocenters. The number of fused-ring (bicyclic) bond motifs is 1. The molecule has 40 heavy (non-hydrogen) atoms. The number of pyridine rings is 1. The van der Waals surface area contributed by atoms with Crippen molar-refractivity contribution in [2.24, 2.45) is 5.16 Å². The van der Waals surface area contributed by atoms with Crippen LogP contribution in [0.2, 0.25) is 0 Å². The maximum absolute atomic E-state index is 13.3. The number of rotatable bonds is 15. The topological polar surface area (TPSA) is 154 Å². The molecule has 0 aliphatic carbocycles. The summed E-state index contributed by atoms with van der Waals surface area (Å²) in [6.07, 6.45) is 2.02. The van der Waals surface area contributed by atoms with Crippen molar-refractivity contribution in [3.8, 4) is 5.88 Å². The summed E-state index contributed by atoms with van der Waals surface area (Å²) in [4.78, 5) is 32.5. The van der Waals surface area contributed by atoms with Gasteiger partial charge >= 0.3 is 0 Å². The number of amides is 1. The largest absolute Gasteiger partial charge is 0.476 e. The van der Waals surface area contributed by atoms with Crippen LogP contribution in [0.25, 0.3) is 10.3 Å². The highest BCUT2D eigenvalue weighted by atomic mass is 32.2. The second-order valence-corrected chi connectivity index (χ2v) is 12.3. The van der Waals surface area contributed by atoms with Gasteiger partial charge < -0.3 is 19.6 Å². The van der Waals surface area contributed by atoms with Gasteiger partial charge in [0.25, 0.3) is 5.91 Å². The smallest absolute Gasteiger partial charge is 0.280 e. The van der Waals surface area contributed by atoms with Crippen molar-refractivity contribution in [2.45, 2.75) is 17.9 Å². The molecule has 0 fully saturated rings. The van der Waals surface area contributed by atoms with Gasteiger partial charge in [-0.05, 0) is 31.7 Å². The zero-order chi connectivity index (χ0) is 28.4. The predicted octanol–water partition coefficient (Wildman–Crippen LogP) is 3.12. The number of ether oxygens (including phenoxy) is 2. The van der Waals surface area contributed by atoms with Crippen LogP contribution in [0, 0.1) is 0 Å². The van der Waals surface area contributed by atoms with Gasteiger partial charge in [-0.1, -0.05) is 28.6 Å². The van der Waals surface area contributed by atoms with Crippen LogP contribution in [0.4, 0.5) is 5.13 Å². The van der Waals surface area contributed by atoms with Crippen LogP contribution in [-0.2, 0) is 30.8 Å². The van der Waals surface area contributed by atoms with Gasteiger partial charge in [-0.15, -0.1) is 11.3 Å². The van der Waals surface area contributed by atoms with E-state index >= 15 is 0 Å². The van der Waals surface area contributed by atoms with E-state index in [4.69, 9.17) is 14.3 Å². The molecule has 0 radical (unpaired) electrons. The number of methoxy groups -OCH3 is 1. The number of likely N-dealkylation sites (N-methyl/N-ethyl adjacent to an activating group) is 1. The zero-order valence-electron chi connectivity index (χ0n) is 21.8. The second-order valence-electron chi connectivity index (χ2n) is 8.23. The fourth-order valence-corrected chi connectivity index (χ4v) is 6.01. The minimum atomic E-state index is -3.50. The molecule has 3 heterocycles. The van der Waals surface area contributed by atoms with Crippen LogP contribution in [-0.4, -0.2) is 74.7 Å². The Kier molecular flexibility index (Phi) is 10.5. The summed E-state index contributed by atoms with van der Waals surface area (Å²) in [5.41, 5.74) is 0.915. The molecular weight excluding hydrogens is 577 g/mol. The third kappa shape index (κ3) is 8.02. The number of oxime groups is 1. The maximum atomic E-state index is 13.3. The van der Waals surface area contributed by atoms with Crippen LogP contribution >= 0.6 is 22.7 Å². The van der Waals surface area contributed by atoms with E-state index in [1.54, 1.807) is 23.7 Å². The van der Waals surface area contributed by atoms with Gasteiger partial charge in [-0.3, -0.25) is 10.1 Å². The molecule has 0 bridgehead atoms. The second kappa shape index (κ2) is 14.2. The van der Waals surface area contributed by atoms with Crippen molar-refractivity contribution >= 4 is 59.6 Å². The Morgan fingerprint density at radius 2 is 1.93 bits per heavy atom. The fourth-order valence-electron chi connectivity index (χ4n) is 3.38. The highest BCUT2D eigenvalue weighted by molar-refractivity contribution is 7.91. The van der Waals surface area contributed by atoms with Crippen molar-refractivity contribution in [3.05, 3.63) is 58.5 Å². The lowest BCUT2D eigenvalue weighted by Gasteiger charge is -2.08. The number of hydrogen-bond acceptors (Lipinski definition) is 13. The van der Waals surface area contributed by atoms with Crippen molar-refractivity contribution in [1.29, 1.82) is 0 Å². The molecule has 3 aromatic heterocycles.